The van der Waals surface area contributed by atoms with E-state index in [1.54, 1.807) is 6.92 Å². The maximum atomic E-state index is 12.7. The van der Waals surface area contributed by atoms with Gasteiger partial charge >= 0.3 is 6.18 Å². The minimum atomic E-state index is -4.18. The van der Waals surface area contributed by atoms with Crippen LogP contribution in [0, 0.1) is 5.92 Å². The van der Waals surface area contributed by atoms with E-state index in [0.29, 0.717) is 12.8 Å². The Morgan fingerprint density at radius 2 is 2.06 bits per heavy atom. The van der Waals surface area contributed by atoms with Crippen LogP contribution < -0.4 is 5.32 Å². The Balaban J connectivity index is 2.10. The molecular weight excluding hydrogens is 265 g/mol. The van der Waals surface area contributed by atoms with Crippen LogP contribution in [0.1, 0.15) is 32.6 Å². The average Bonchev–Trinajstić information content (AvgIpc) is 2.52. The van der Waals surface area contributed by atoms with Crippen molar-refractivity contribution in [3.63, 3.8) is 0 Å². The predicted octanol–water partition coefficient (Wildman–Crippen LogP) is 2.21. The van der Waals surface area contributed by atoms with E-state index in [0.717, 1.165) is 0 Å². The van der Waals surface area contributed by atoms with E-state index in [1.165, 1.54) is 4.90 Å². The number of rotatable bonds is 1. The van der Waals surface area contributed by atoms with Crippen molar-refractivity contribution >= 4 is 23.2 Å². The lowest BCUT2D eigenvalue weighted by Gasteiger charge is -2.35. The standard InChI is InChI=1S/C11H15F3N2OS/c1-6-9(17)16(10(18)15-6)8-4-2-3-7(5-8)11(12,13)14/h6-8H,2-5H2,1H3,(H,15,18)/t6-,7+,8+/m0/s1. The number of carbonyl (C=O) groups is 1. The van der Waals surface area contributed by atoms with Gasteiger partial charge in [-0.05, 0) is 38.4 Å². The third kappa shape index (κ3) is 2.46. The van der Waals surface area contributed by atoms with Gasteiger partial charge in [0.1, 0.15) is 6.04 Å². The predicted molar refractivity (Wildman–Crippen MR) is 63.8 cm³/mol. The van der Waals surface area contributed by atoms with Gasteiger partial charge in [-0.15, -0.1) is 0 Å². The van der Waals surface area contributed by atoms with Crippen molar-refractivity contribution in [3.8, 4) is 0 Å². The molecule has 0 unspecified atom stereocenters. The third-order valence-corrected chi connectivity index (χ3v) is 3.96. The molecule has 2 rings (SSSR count). The number of amides is 1. The summed E-state index contributed by atoms with van der Waals surface area (Å²) in [4.78, 5) is 13.2. The molecule has 1 aliphatic carbocycles. The lowest BCUT2D eigenvalue weighted by molar-refractivity contribution is -0.186. The summed E-state index contributed by atoms with van der Waals surface area (Å²) in [5, 5.41) is 3.06. The molecule has 0 aromatic heterocycles. The van der Waals surface area contributed by atoms with Gasteiger partial charge in [0.05, 0.1) is 5.92 Å². The molecule has 2 aliphatic rings. The van der Waals surface area contributed by atoms with Crippen LogP contribution >= 0.6 is 12.2 Å². The van der Waals surface area contributed by atoms with Crippen molar-refractivity contribution in [3.05, 3.63) is 0 Å². The zero-order chi connectivity index (χ0) is 13.5. The lowest BCUT2D eigenvalue weighted by Crippen LogP contribution is -2.45. The highest BCUT2D eigenvalue weighted by atomic mass is 32.1. The molecule has 0 radical (unpaired) electrons. The molecule has 0 aromatic carbocycles. The molecule has 18 heavy (non-hydrogen) atoms. The number of alkyl halides is 3. The second-order valence-electron chi connectivity index (χ2n) is 4.94. The van der Waals surface area contributed by atoms with Crippen molar-refractivity contribution in [2.45, 2.75) is 50.9 Å². The van der Waals surface area contributed by atoms with Gasteiger partial charge in [0, 0.05) is 6.04 Å². The van der Waals surface area contributed by atoms with Gasteiger partial charge in [-0.1, -0.05) is 6.42 Å². The highest BCUT2D eigenvalue weighted by Crippen LogP contribution is 2.39. The summed E-state index contributed by atoms with van der Waals surface area (Å²) < 4.78 is 38.2. The highest BCUT2D eigenvalue weighted by molar-refractivity contribution is 7.80. The summed E-state index contributed by atoms with van der Waals surface area (Å²) in [6.07, 6.45) is -2.99. The van der Waals surface area contributed by atoms with Crippen LogP contribution in [0.2, 0.25) is 0 Å². The Morgan fingerprint density at radius 1 is 1.39 bits per heavy atom. The zero-order valence-electron chi connectivity index (χ0n) is 9.96. The fourth-order valence-electron chi connectivity index (χ4n) is 2.67. The molecule has 1 aliphatic heterocycles. The van der Waals surface area contributed by atoms with Gasteiger partial charge in [-0.2, -0.15) is 13.2 Å². The van der Waals surface area contributed by atoms with Crippen LogP contribution in [0.4, 0.5) is 13.2 Å². The van der Waals surface area contributed by atoms with E-state index in [2.05, 4.69) is 5.32 Å². The van der Waals surface area contributed by atoms with Gasteiger partial charge in [0.15, 0.2) is 5.11 Å². The topological polar surface area (TPSA) is 32.3 Å². The Kier molecular flexibility index (Phi) is 3.53. The molecule has 0 bridgehead atoms. The van der Waals surface area contributed by atoms with Crippen LogP contribution in [0.5, 0.6) is 0 Å². The molecule has 2 fully saturated rings. The number of nitrogens with one attached hydrogen (secondary N) is 1. The molecule has 1 amide bonds. The van der Waals surface area contributed by atoms with E-state index in [9.17, 15) is 18.0 Å². The van der Waals surface area contributed by atoms with E-state index in [4.69, 9.17) is 12.2 Å². The maximum absolute atomic E-state index is 12.7. The van der Waals surface area contributed by atoms with Crippen molar-refractivity contribution in [2.24, 2.45) is 5.92 Å². The smallest absolute Gasteiger partial charge is 0.351 e. The number of carbonyl (C=O) groups excluding carboxylic acids is 1. The Labute approximate surface area is 109 Å². The summed E-state index contributed by atoms with van der Waals surface area (Å²) in [6, 6.07) is -0.841. The first-order valence-corrected chi connectivity index (χ1v) is 6.42. The third-order valence-electron chi connectivity index (χ3n) is 3.64. The number of halogens is 3. The zero-order valence-corrected chi connectivity index (χ0v) is 10.8. The first kappa shape index (κ1) is 13.6. The second kappa shape index (κ2) is 4.68. The van der Waals surface area contributed by atoms with E-state index in [1.807, 2.05) is 0 Å². The van der Waals surface area contributed by atoms with Gasteiger partial charge in [-0.3, -0.25) is 9.69 Å². The molecule has 0 aromatic rings. The second-order valence-corrected chi connectivity index (χ2v) is 5.33. The van der Waals surface area contributed by atoms with Gasteiger partial charge in [0.2, 0.25) is 0 Å². The van der Waals surface area contributed by atoms with Gasteiger partial charge in [0.25, 0.3) is 5.91 Å². The van der Waals surface area contributed by atoms with Gasteiger partial charge < -0.3 is 5.32 Å². The lowest BCUT2D eigenvalue weighted by atomic mass is 9.84. The Hall–Kier alpha value is -0.850. The van der Waals surface area contributed by atoms with Crippen molar-refractivity contribution in [2.75, 3.05) is 0 Å². The van der Waals surface area contributed by atoms with E-state index >= 15 is 0 Å². The normalized spacial score (nSPS) is 33.8. The van der Waals surface area contributed by atoms with Crippen molar-refractivity contribution < 1.29 is 18.0 Å². The molecule has 1 saturated heterocycles. The summed E-state index contributed by atoms with van der Waals surface area (Å²) in [7, 11) is 0. The van der Waals surface area contributed by atoms with Crippen molar-refractivity contribution in [1.29, 1.82) is 0 Å². The number of nitrogens with zero attached hydrogens (tertiary/aromatic N) is 1. The fourth-order valence-corrected chi connectivity index (χ4v) is 3.08. The highest BCUT2D eigenvalue weighted by Gasteiger charge is 2.46. The van der Waals surface area contributed by atoms with Crippen LogP contribution in [0.15, 0.2) is 0 Å². The minimum absolute atomic E-state index is 0.0379. The van der Waals surface area contributed by atoms with Crippen LogP contribution in [-0.4, -0.2) is 34.2 Å². The maximum Gasteiger partial charge on any atom is 0.391 e. The van der Waals surface area contributed by atoms with Crippen LogP contribution in [-0.2, 0) is 4.79 Å². The quantitative estimate of drug-likeness (QED) is 0.747. The first-order chi connectivity index (χ1) is 8.30. The fraction of sp³-hybridized carbons (Fsp3) is 0.818. The number of hydrogen-bond donors (Lipinski definition) is 1. The molecule has 3 atom stereocenters. The molecule has 102 valence electrons. The van der Waals surface area contributed by atoms with E-state index in [-0.39, 0.29) is 23.9 Å². The van der Waals surface area contributed by atoms with E-state index < -0.39 is 24.2 Å². The molecule has 1 heterocycles. The minimum Gasteiger partial charge on any atom is -0.351 e. The van der Waals surface area contributed by atoms with Crippen molar-refractivity contribution in [1.82, 2.24) is 10.2 Å². The molecular formula is C11H15F3N2OS. The summed E-state index contributed by atoms with van der Waals surface area (Å²) in [6.45, 7) is 1.67. The van der Waals surface area contributed by atoms with Crippen LogP contribution in [0.25, 0.3) is 0 Å². The van der Waals surface area contributed by atoms with Crippen LogP contribution in [0.3, 0.4) is 0 Å². The number of thiocarbonyl (C=S) groups is 1. The SMILES string of the molecule is C[C@@H]1NC(=S)N([C@@H]2CCC[C@@H](C(F)(F)F)C2)C1=O. The average molecular weight is 280 g/mol. The number of hydrogen-bond acceptors (Lipinski definition) is 2. The summed E-state index contributed by atoms with van der Waals surface area (Å²) in [5.74, 6) is -1.53. The molecule has 1 N–H and O–H groups in total. The first-order valence-electron chi connectivity index (χ1n) is 6.01. The molecule has 1 saturated carbocycles. The summed E-state index contributed by atoms with van der Waals surface area (Å²) >= 11 is 5.02. The molecule has 0 spiro atoms. The molecule has 3 nitrogen and oxygen atoms in total. The monoisotopic (exact) mass is 280 g/mol. The summed E-state index contributed by atoms with van der Waals surface area (Å²) in [5.41, 5.74) is 0. The largest absolute Gasteiger partial charge is 0.391 e. The molecule has 7 heteroatoms. The van der Waals surface area contributed by atoms with Gasteiger partial charge in [-0.25, -0.2) is 0 Å². The Bertz CT molecular complexity index is 372. The Morgan fingerprint density at radius 3 is 2.56 bits per heavy atom.